The summed E-state index contributed by atoms with van der Waals surface area (Å²) in [6, 6.07) is 13.1. The molecule has 5 heteroatoms. The Hall–Kier alpha value is -3.08. The molecule has 2 N–H and O–H groups in total. The zero-order valence-electron chi connectivity index (χ0n) is 13.2. The number of rotatable bonds is 2. The molecule has 0 bridgehead atoms. The molecule has 1 amide bonds. The van der Waals surface area contributed by atoms with E-state index >= 15 is 0 Å². The van der Waals surface area contributed by atoms with E-state index in [1.54, 1.807) is 19.1 Å². The Bertz CT molecular complexity index is 972. The van der Waals surface area contributed by atoms with Crippen LogP contribution in [0.3, 0.4) is 0 Å². The zero-order chi connectivity index (χ0) is 16.7. The van der Waals surface area contributed by atoms with E-state index in [1.807, 2.05) is 30.3 Å². The molecule has 0 unspecified atom stereocenters. The van der Waals surface area contributed by atoms with E-state index in [1.165, 1.54) is 0 Å². The highest BCUT2D eigenvalue weighted by Crippen LogP contribution is 2.37. The molecule has 0 saturated carbocycles. The minimum atomic E-state index is -0.354. The van der Waals surface area contributed by atoms with E-state index in [9.17, 15) is 9.59 Å². The number of fused-ring (bicyclic) bond motifs is 5. The lowest BCUT2D eigenvalue weighted by Crippen LogP contribution is -2.12. The molecule has 1 aromatic heterocycles. The maximum Gasteiger partial charge on any atom is 0.338 e. The van der Waals surface area contributed by atoms with Crippen LogP contribution in [0.15, 0.2) is 42.5 Å². The van der Waals surface area contributed by atoms with Crippen LogP contribution in [-0.4, -0.2) is 23.5 Å². The summed E-state index contributed by atoms with van der Waals surface area (Å²) in [4.78, 5) is 27.6. The van der Waals surface area contributed by atoms with Gasteiger partial charge < -0.3 is 15.0 Å². The van der Waals surface area contributed by atoms with Gasteiger partial charge in [-0.05, 0) is 36.8 Å². The number of amides is 1. The second-order valence-corrected chi connectivity index (χ2v) is 5.73. The highest BCUT2D eigenvalue weighted by molar-refractivity contribution is 6.06. The summed E-state index contributed by atoms with van der Waals surface area (Å²) < 4.78 is 5.07. The SMILES string of the molecule is CCOC(=O)c1ccc2[nH]c3c(c2c1)CC(=O)Nc1ccccc1-3. The number of H-pyrrole nitrogens is 1. The van der Waals surface area contributed by atoms with Crippen molar-refractivity contribution in [2.45, 2.75) is 13.3 Å². The molecular weight excluding hydrogens is 304 g/mol. The fraction of sp³-hybridized carbons (Fsp3) is 0.158. The lowest BCUT2D eigenvalue weighted by molar-refractivity contribution is -0.115. The number of hydrogen-bond acceptors (Lipinski definition) is 3. The van der Waals surface area contributed by atoms with Gasteiger partial charge in [0.25, 0.3) is 0 Å². The lowest BCUT2D eigenvalue weighted by atomic mass is 10.0. The molecule has 24 heavy (non-hydrogen) atoms. The molecule has 3 aromatic rings. The number of aromatic amines is 1. The highest BCUT2D eigenvalue weighted by atomic mass is 16.5. The third-order valence-electron chi connectivity index (χ3n) is 4.23. The number of nitrogens with one attached hydrogen (secondary N) is 2. The number of carbonyl (C=O) groups excluding carboxylic acids is 2. The normalized spacial score (nSPS) is 13.0. The van der Waals surface area contributed by atoms with Crippen molar-refractivity contribution in [1.82, 2.24) is 4.98 Å². The molecule has 1 aliphatic rings. The molecule has 2 heterocycles. The van der Waals surface area contributed by atoms with Gasteiger partial charge in [-0.15, -0.1) is 0 Å². The van der Waals surface area contributed by atoms with Crippen LogP contribution in [0, 0.1) is 0 Å². The van der Waals surface area contributed by atoms with Gasteiger partial charge in [0, 0.05) is 16.5 Å². The molecule has 0 radical (unpaired) electrons. The van der Waals surface area contributed by atoms with E-state index in [0.717, 1.165) is 33.4 Å². The summed E-state index contributed by atoms with van der Waals surface area (Å²) in [6.07, 6.45) is 0.260. The van der Waals surface area contributed by atoms with Crippen LogP contribution >= 0.6 is 0 Å². The Morgan fingerprint density at radius 2 is 2.04 bits per heavy atom. The van der Waals surface area contributed by atoms with Crippen LogP contribution in [0.5, 0.6) is 0 Å². The van der Waals surface area contributed by atoms with E-state index in [0.29, 0.717) is 12.2 Å². The Kier molecular flexibility index (Phi) is 3.34. The monoisotopic (exact) mass is 320 g/mol. The number of carbonyl (C=O) groups is 2. The van der Waals surface area contributed by atoms with E-state index < -0.39 is 0 Å². The smallest absolute Gasteiger partial charge is 0.338 e. The lowest BCUT2D eigenvalue weighted by Gasteiger charge is -2.05. The standard InChI is InChI=1S/C19H16N2O3/c1-2-24-19(23)11-7-8-16-13(9-11)14-10-17(22)20-15-6-4-3-5-12(15)18(14)21-16/h3-9,21H,2,10H2,1H3,(H,20,22). The fourth-order valence-electron chi connectivity index (χ4n) is 3.17. The van der Waals surface area contributed by atoms with Crippen molar-refractivity contribution in [3.8, 4) is 11.3 Å². The molecule has 1 aliphatic heterocycles. The third-order valence-corrected chi connectivity index (χ3v) is 4.23. The Morgan fingerprint density at radius 1 is 1.21 bits per heavy atom. The van der Waals surface area contributed by atoms with Crippen LogP contribution in [0.2, 0.25) is 0 Å². The van der Waals surface area contributed by atoms with Crippen molar-refractivity contribution in [2.24, 2.45) is 0 Å². The molecule has 0 fully saturated rings. The largest absolute Gasteiger partial charge is 0.462 e. The summed E-state index contributed by atoms with van der Waals surface area (Å²) in [6.45, 7) is 2.11. The molecule has 0 atom stereocenters. The average Bonchev–Trinajstić information content (AvgIpc) is 2.86. The summed E-state index contributed by atoms with van der Waals surface area (Å²) in [5.74, 6) is -0.420. The number of ether oxygens (including phenoxy) is 1. The number of para-hydroxylation sites is 1. The van der Waals surface area contributed by atoms with Gasteiger partial charge in [-0.2, -0.15) is 0 Å². The zero-order valence-corrected chi connectivity index (χ0v) is 13.2. The Morgan fingerprint density at radius 3 is 2.88 bits per heavy atom. The van der Waals surface area contributed by atoms with Gasteiger partial charge in [0.15, 0.2) is 0 Å². The van der Waals surface area contributed by atoms with Crippen LogP contribution in [-0.2, 0) is 16.0 Å². The number of benzene rings is 2. The fourth-order valence-corrected chi connectivity index (χ4v) is 3.17. The van der Waals surface area contributed by atoms with Crippen molar-refractivity contribution in [1.29, 1.82) is 0 Å². The van der Waals surface area contributed by atoms with Gasteiger partial charge in [0.1, 0.15) is 0 Å². The van der Waals surface area contributed by atoms with Gasteiger partial charge in [-0.25, -0.2) is 4.79 Å². The van der Waals surface area contributed by atoms with Crippen molar-refractivity contribution in [3.05, 3.63) is 53.6 Å². The van der Waals surface area contributed by atoms with Crippen LogP contribution < -0.4 is 5.32 Å². The average molecular weight is 320 g/mol. The molecule has 5 nitrogen and oxygen atoms in total. The number of anilines is 1. The van der Waals surface area contributed by atoms with Crippen LogP contribution in [0.25, 0.3) is 22.2 Å². The first-order chi connectivity index (χ1) is 11.7. The Labute approximate surface area is 138 Å². The van der Waals surface area contributed by atoms with Gasteiger partial charge in [0.2, 0.25) is 5.91 Å². The molecule has 4 rings (SSSR count). The predicted molar refractivity (Wildman–Crippen MR) is 92.0 cm³/mol. The van der Waals surface area contributed by atoms with Gasteiger partial charge >= 0.3 is 5.97 Å². The minimum absolute atomic E-state index is 0.0661. The number of hydrogen-bond donors (Lipinski definition) is 2. The first kappa shape index (κ1) is 14.5. The molecule has 0 spiro atoms. The topological polar surface area (TPSA) is 71.2 Å². The molecule has 0 aliphatic carbocycles. The first-order valence-corrected chi connectivity index (χ1v) is 7.88. The maximum absolute atomic E-state index is 12.3. The van der Waals surface area contributed by atoms with Crippen LogP contribution in [0.4, 0.5) is 5.69 Å². The quantitative estimate of drug-likeness (QED) is 0.710. The van der Waals surface area contributed by atoms with Crippen molar-refractivity contribution in [3.63, 3.8) is 0 Å². The van der Waals surface area contributed by atoms with Gasteiger partial charge in [-0.1, -0.05) is 18.2 Å². The summed E-state index contributed by atoms with van der Waals surface area (Å²) in [7, 11) is 0. The summed E-state index contributed by atoms with van der Waals surface area (Å²) in [5, 5.41) is 3.80. The predicted octanol–water partition coefficient (Wildman–Crippen LogP) is 3.51. The second kappa shape index (κ2) is 5.53. The van der Waals surface area contributed by atoms with Gasteiger partial charge in [-0.3, -0.25) is 4.79 Å². The van der Waals surface area contributed by atoms with Crippen molar-refractivity contribution >= 4 is 28.5 Å². The Balaban J connectivity index is 1.94. The van der Waals surface area contributed by atoms with Crippen molar-refractivity contribution in [2.75, 3.05) is 11.9 Å². The van der Waals surface area contributed by atoms with E-state index in [2.05, 4.69) is 10.3 Å². The molecule has 0 saturated heterocycles. The van der Waals surface area contributed by atoms with Gasteiger partial charge in [0.05, 0.1) is 30.0 Å². The minimum Gasteiger partial charge on any atom is -0.462 e. The van der Waals surface area contributed by atoms with Crippen LogP contribution in [0.1, 0.15) is 22.8 Å². The molecular formula is C19H16N2O3. The van der Waals surface area contributed by atoms with E-state index in [4.69, 9.17) is 4.74 Å². The van der Waals surface area contributed by atoms with Crippen molar-refractivity contribution < 1.29 is 14.3 Å². The summed E-state index contributed by atoms with van der Waals surface area (Å²) >= 11 is 0. The molecule has 2 aromatic carbocycles. The highest BCUT2D eigenvalue weighted by Gasteiger charge is 2.23. The van der Waals surface area contributed by atoms with E-state index in [-0.39, 0.29) is 18.3 Å². The second-order valence-electron chi connectivity index (χ2n) is 5.73. The first-order valence-electron chi connectivity index (χ1n) is 7.88. The molecule has 120 valence electrons. The number of esters is 1. The number of aromatic nitrogens is 1. The summed E-state index contributed by atoms with van der Waals surface area (Å²) in [5.41, 5.74) is 4.95. The maximum atomic E-state index is 12.3. The third kappa shape index (κ3) is 2.25.